The molecule has 0 saturated heterocycles. The standard InChI is InChI=1S/C13H19NO2/c1-9-5-4-6-10(2)12(9)13(16)14-8-7-11(3)15/h4-6,11,15H,7-8H2,1-3H3,(H,14,16). The van der Waals surface area contributed by atoms with E-state index in [1.54, 1.807) is 6.92 Å². The lowest BCUT2D eigenvalue weighted by Crippen LogP contribution is -2.27. The Balaban J connectivity index is 2.66. The number of aliphatic hydroxyl groups excluding tert-OH is 1. The molecule has 0 saturated carbocycles. The first-order valence-electron chi connectivity index (χ1n) is 5.55. The summed E-state index contributed by atoms with van der Waals surface area (Å²) in [6, 6.07) is 5.80. The second kappa shape index (κ2) is 5.66. The van der Waals surface area contributed by atoms with Crippen LogP contribution in [0.5, 0.6) is 0 Å². The highest BCUT2D eigenvalue weighted by Crippen LogP contribution is 2.12. The lowest BCUT2D eigenvalue weighted by atomic mass is 10.0. The quantitative estimate of drug-likeness (QED) is 0.814. The van der Waals surface area contributed by atoms with Crippen LogP contribution in [0.1, 0.15) is 34.8 Å². The van der Waals surface area contributed by atoms with Gasteiger partial charge in [0.25, 0.3) is 5.91 Å². The van der Waals surface area contributed by atoms with Crippen molar-refractivity contribution in [3.8, 4) is 0 Å². The molecule has 0 heterocycles. The number of carbonyl (C=O) groups is 1. The molecule has 1 aromatic rings. The maximum Gasteiger partial charge on any atom is 0.251 e. The van der Waals surface area contributed by atoms with Crippen molar-refractivity contribution in [2.75, 3.05) is 6.54 Å². The van der Waals surface area contributed by atoms with E-state index < -0.39 is 0 Å². The van der Waals surface area contributed by atoms with Crippen LogP contribution < -0.4 is 5.32 Å². The number of nitrogens with one attached hydrogen (secondary N) is 1. The average molecular weight is 221 g/mol. The maximum atomic E-state index is 11.9. The summed E-state index contributed by atoms with van der Waals surface area (Å²) in [6.07, 6.45) is 0.203. The lowest BCUT2D eigenvalue weighted by molar-refractivity contribution is 0.0944. The number of aryl methyl sites for hydroxylation is 2. The first kappa shape index (κ1) is 12.7. The number of rotatable bonds is 4. The summed E-state index contributed by atoms with van der Waals surface area (Å²) < 4.78 is 0. The summed E-state index contributed by atoms with van der Waals surface area (Å²) in [5, 5.41) is 11.9. The van der Waals surface area contributed by atoms with Gasteiger partial charge < -0.3 is 10.4 Å². The Kier molecular flexibility index (Phi) is 4.50. The molecule has 16 heavy (non-hydrogen) atoms. The van der Waals surface area contributed by atoms with E-state index in [9.17, 15) is 4.79 Å². The third-order valence-electron chi connectivity index (χ3n) is 2.56. The molecule has 0 aliphatic rings. The molecule has 0 radical (unpaired) electrons. The van der Waals surface area contributed by atoms with Gasteiger partial charge in [0.1, 0.15) is 0 Å². The SMILES string of the molecule is Cc1cccc(C)c1C(=O)NCCC(C)O. The Labute approximate surface area is 96.5 Å². The molecule has 2 N–H and O–H groups in total. The highest BCUT2D eigenvalue weighted by atomic mass is 16.3. The zero-order valence-electron chi connectivity index (χ0n) is 10.1. The maximum absolute atomic E-state index is 11.9. The third kappa shape index (κ3) is 3.35. The van der Waals surface area contributed by atoms with Crippen molar-refractivity contribution in [2.45, 2.75) is 33.3 Å². The molecule has 88 valence electrons. The minimum Gasteiger partial charge on any atom is -0.393 e. The summed E-state index contributed by atoms with van der Waals surface area (Å²) in [7, 11) is 0. The molecule has 1 amide bonds. The summed E-state index contributed by atoms with van der Waals surface area (Å²) in [5.41, 5.74) is 2.71. The van der Waals surface area contributed by atoms with Crippen LogP contribution in [0.4, 0.5) is 0 Å². The highest BCUT2D eigenvalue weighted by molar-refractivity contribution is 5.97. The van der Waals surface area contributed by atoms with Gasteiger partial charge in [0, 0.05) is 12.1 Å². The Bertz CT molecular complexity index is 352. The molecule has 1 aromatic carbocycles. The third-order valence-corrected chi connectivity index (χ3v) is 2.56. The fraction of sp³-hybridized carbons (Fsp3) is 0.462. The minimum absolute atomic E-state index is 0.0590. The van der Waals surface area contributed by atoms with E-state index in [1.807, 2.05) is 32.0 Å². The number of amides is 1. The molecule has 0 fully saturated rings. The first-order chi connectivity index (χ1) is 7.52. The van der Waals surface area contributed by atoms with Gasteiger partial charge >= 0.3 is 0 Å². The molecule has 1 rings (SSSR count). The number of hydrogen-bond acceptors (Lipinski definition) is 2. The van der Waals surface area contributed by atoms with Crippen LogP contribution in [0.2, 0.25) is 0 Å². The van der Waals surface area contributed by atoms with Gasteiger partial charge in [0.15, 0.2) is 0 Å². The van der Waals surface area contributed by atoms with Gasteiger partial charge in [0.2, 0.25) is 0 Å². The van der Waals surface area contributed by atoms with Crippen LogP contribution in [-0.2, 0) is 0 Å². The molecule has 3 heteroatoms. The van der Waals surface area contributed by atoms with E-state index in [-0.39, 0.29) is 12.0 Å². The lowest BCUT2D eigenvalue weighted by Gasteiger charge is -2.10. The smallest absolute Gasteiger partial charge is 0.251 e. The topological polar surface area (TPSA) is 49.3 Å². The number of benzene rings is 1. The van der Waals surface area contributed by atoms with Crippen molar-refractivity contribution in [1.29, 1.82) is 0 Å². The fourth-order valence-corrected chi connectivity index (χ4v) is 1.66. The highest BCUT2D eigenvalue weighted by Gasteiger charge is 2.10. The van der Waals surface area contributed by atoms with Crippen LogP contribution in [0.15, 0.2) is 18.2 Å². The van der Waals surface area contributed by atoms with Gasteiger partial charge in [-0.2, -0.15) is 0 Å². The Morgan fingerprint density at radius 3 is 2.44 bits per heavy atom. The van der Waals surface area contributed by atoms with Crippen LogP contribution in [0.25, 0.3) is 0 Å². The summed E-state index contributed by atoms with van der Waals surface area (Å²) in [6.45, 7) is 6.07. The van der Waals surface area contributed by atoms with E-state index in [0.717, 1.165) is 16.7 Å². The summed E-state index contributed by atoms with van der Waals surface area (Å²) >= 11 is 0. The van der Waals surface area contributed by atoms with Crippen molar-refractivity contribution in [2.24, 2.45) is 0 Å². The molecule has 0 spiro atoms. The molecule has 1 atom stereocenters. The zero-order chi connectivity index (χ0) is 12.1. The molecule has 0 aromatic heterocycles. The molecule has 1 unspecified atom stereocenters. The van der Waals surface area contributed by atoms with E-state index in [4.69, 9.17) is 5.11 Å². The predicted molar refractivity (Wildman–Crippen MR) is 64.5 cm³/mol. The molecule has 0 bridgehead atoms. The molecule has 3 nitrogen and oxygen atoms in total. The molecule has 0 aliphatic heterocycles. The zero-order valence-corrected chi connectivity index (χ0v) is 10.1. The number of hydrogen-bond donors (Lipinski definition) is 2. The van der Waals surface area contributed by atoms with Crippen molar-refractivity contribution in [1.82, 2.24) is 5.32 Å². The average Bonchev–Trinajstić information content (AvgIpc) is 2.16. The van der Waals surface area contributed by atoms with Crippen molar-refractivity contribution in [3.05, 3.63) is 34.9 Å². The van der Waals surface area contributed by atoms with Crippen molar-refractivity contribution in [3.63, 3.8) is 0 Å². The largest absolute Gasteiger partial charge is 0.393 e. The summed E-state index contributed by atoms with van der Waals surface area (Å²) in [5.74, 6) is -0.0590. The van der Waals surface area contributed by atoms with Gasteiger partial charge in [-0.25, -0.2) is 0 Å². The second-order valence-corrected chi connectivity index (χ2v) is 4.16. The molecule has 0 aliphatic carbocycles. The number of aliphatic hydroxyl groups is 1. The Morgan fingerprint density at radius 2 is 1.94 bits per heavy atom. The molecular formula is C13H19NO2. The van der Waals surface area contributed by atoms with Crippen molar-refractivity contribution >= 4 is 5.91 Å². The van der Waals surface area contributed by atoms with Gasteiger partial charge in [-0.1, -0.05) is 18.2 Å². The predicted octanol–water partition coefficient (Wildman–Crippen LogP) is 1.80. The molecular weight excluding hydrogens is 202 g/mol. The van der Waals surface area contributed by atoms with Crippen LogP contribution in [0, 0.1) is 13.8 Å². The van der Waals surface area contributed by atoms with Crippen LogP contribution in [-0.4, -0.2) is 23.7 Å². The fourth-order valence-electron chi connectivity index (χ4n) is 1.66. The van der Waals surface area contributed by atoms with Gasteiger partial charge in [-0.05, 0) is 38.3 Å². The Morgan fingerprint density at radius 1 is 1.38 bits per heavy atom. The van der Waals surface area contributed by atoms with E-state index in [1.165, 1.54) is 0 Å². The minimum atomic E-state index is -0.377. The number of carbonyl (C=O) groups excluding carboxylic acids is 1. The van der Waals surface area contributed by atoms with E-state index in [2.05, 4.69) is 5.32 Å². The van der Waals surface area contributed by atoms with Gasteiger partial charge in [-0.3, -0.25) is 4.79 Å². The van der Waals surface area contributed by atoms with Gasteiger partial charge in [0.05, 0.1) is 6.10 Å². The first-order valence-corrected chi connectivity index (χ1v) is 5.55. The summed E-state index contributed by atoms with van der Waals surface area (Å²) in [4.78, 5) is 11.9. The monoisotopic (exact) mass is 221 g/mol. The van der Waals surface area contributed by atoms with Crippen LogP contribution in [0.3, 0.4) is 0 Å². The van der Waals surface area contributed by atoms with E-state index in [0.29, 0.717) is 13.0 Å². The van der Waals surface area contributed by atoms with E-state index >= 15 is 0 Å². The second-order valence-electron chi connectivity index (χ2n) is 4.16. The Hall–Kier alpha value is -1.35. The normalized spacial score (nSPS) is 12.2. The van der Waals surface area contributed by atoms with Crippen LogP contribution >= 0.6 is 0 Å². The van der Waals surface area contributed by atoms with Crippen molar-refractivity contribution < 1.29 is 9.90 Å². The van der Waals surface area contributed by atoms with Gasteiger partial charge in [-0.15, -0.1) is 0 Å².